The van der Waals surface area contributed by atoms with Crippen molar-refractivity contribution in [3.8, 4) is 11.5 Å². The maximum Gasteiger partial charge on any atom is 0.270 e. The maximum absolute atomic E-state index is 12.3. The van der Waals surface area contributed by atoms with Gasteiger partial charge in [0, 0.05) is 12.2 Å². The van der Waals surface area contributed by atoms with E-state index in [1.807, 2.05) is 31.2 Å². The van der Waals surface area contributed by atoms with Crippen LogP contribution in [0.25, 0.3) is 0 Å². The van der Waals surface area contributed by atoms with Crippen molar-refractivity contribution >= 4 is 11.9 Å². The molecular formula is C20H28N4O3. The average Bonchev–Trinajstić information content (AvgIpc) is 2.65. The van der Waals surface area contributed by atoms with Gasteiger partial charge in [-0.05, 0) is 49.6 Å². The molecule has 0 aliphatic rings. The highest BCUT2D eigenvalue weighted by Gasteiger charge is 2.10. The van der Waals surface area contributed by atoms with Crippen LogP contribution in [0.1, 0.15) is 36.5 Å². The second-order valence-corrected chi connectivity index (χ2v) is 6.61. The summed E-state index contributed by atoms with van der Waals surface area (Å²) in [5, 5.41) is 5.99. The van der Waals surface area contributed by atoms with Gasteiger partial charge in [0.2, 0.25) is 5.95 Å². The summed E-state index contributed by atoms with van der Waals surface area (Å²) in [5.41, 5.74) is 1.09. The Balaban J connectivity index is 1.81. The highest BCUT2D eigenvalue weighted by molar-refractivity contribution is 5.92. The Morgan fingerprint density at radius 1 is 1.11 bits per heavy atom. The number of hydrogen-bond donors (Lipinski definition) is 2. The van der Waals surface area contributed by atoms with Crippen LogP contribution in [0.2, 0.25) is 0 Å². The van der Waals surface area contributed by atoms with Crippen molar-refractivity contribution < 1.29 is 14.3 Å². The zero-order chi connectivity index (χ0) is 19.6. The molecule has 1 heterocycles. The summed E-state index contributed by atoms with van der Waals surface area (Å²) < 4.78 is 10.7. The minimum atomic E-state index is -0.245. The molecule has 0 unspecified atom stereocenters. The summed E-state index contributed by atoms with van der Waals surface area (Å²) in [6.45, 7) is 7.68. The first-order valence-electron chi connectivity index (χ1n) is 9.12. The molecule has 1 aromatic carbocycles. The first-order valence-corrected chi connectivity index (χ1v) is 9.12. The van der Waals surface area contributed by atoms with Crippen molar-refractivity contribution in [1.82, 2.24) is 15.3 Å². The van der Waals surface area contributed by atoms with Crippen LogP contribution < -0.4 is 20.1 Å². The molecule has 0 aliphatic carbocycles. The number of carbonyl (C=O) groups excluding carboxylic acids is 1. The summed E-state index contributed by atoms with van der Waals surface area (Å²) in [6, 6.07) is 8.97. The Bertz CT molecular complexity index is 733. The van der Waals surface area contributed by atoms with E-state index in [1.165, 1.54) is 0 Å². The molecule has 2 N–H and O–H groups in total. The Labute approximate surface area is 160 Å². The fourth-order valence-corrected chi connectivity index (χ4v) is 2.33. The molecule has 2 aromatic rings. The number of nitrogens with zero attached hydrogens (tertiary/aromatic N) is 2. The third kappa shape index (κ3) is 7.13. The van der Waals surface area contributed by atoms with E-state index in [4.69, 9.17) is 9.47 Å². The van der Waals surface area contributed by atoms with Gasteiger partial charge in [0.05, 0.1) is 13.7 Å². The molecule has 0 spiro atoms. The van der Waals surface area contributed by atoms with Gasteiger partial charge in [-0.15, -0.1) is 0 Å². The highest BCUT2D eigenvalue weighted by atomic mass is 16.5. The van der Waals surface area contributed by atoms with Crippen molar-refractivity contribution in [2.24, 2.45) is 5.92 Å². The van der Waals surface area contributed by atoms with E-state index in [2.05, 4.69) is 34.4 Å². The molecule has 146 valence electrons. The molecule has 7 nitrogen and oxygen atoms in total. The molecule has 0 fully saturated rings. The smallest absolute Gasteiger partial charge is 0.270 e. The Hall–Kier alpha value is -2.83. The van der Waals surface area contributed by atoms with E-state index < -0.39 is 0 Å². The number of methoxy groups -OCH3 is 1. The number of ether oxygens (including phenoxy) is 2. The van der Waals surface area contributed by atoms with E-state index in [9.17, 15) is 4.79 Å². The van der Waals surface area contributed by atoms with Crippen LogP contribution in [0.3, 0.4) is 0 Å². The molecule has 2 rings (SSSR count). The molecule has 0 bridgehead atoms. The minimum Gasteiger partial charge on any atom is -0.497 e. The fourth-order valence-electron chi connectivity index (χ4n) is 2.33. The van der Waals surface area contributed by atoms with Gasteiger partial charge in [-0.2, -0.15) is 0 Å². The van der Waals surface area contributed by atoms with Crippen LogP contribution in [-0.2, 0) is 0 Å². The zero-order valence-electron chi connectivity index (χ0n) is 16.4. The van der Waals surface area contributed by atoms with E-state index >= 15 is 0 Å². The second kappa shape index (κ2) is 10.4. The van der Waals surface area contributed by atoms with E-state index in [-0.39, 0.29) is 5.91 Å². The molecule has 0 atom stereocenters. The predicted octanol–water partition coefficient (Wildman–Crippen LogP) is 3.06. The molecule has 1 amide bonds. The van der Waals surface area contributed by atoms with Gasteiger partial charge < -0.3 is 20.1 Å². The first-order chi connectivity index (χ1) is 13.0. The maximum atomic E-state index is 12.3. The number of hydrogen-bond acceptors (Lipinski definition) is 6. The van der Waals surface area contributed by atoms with Crippen molar-refractivity contribution in [1.29, 1.82) is 0 Å². The number of carbonyl (C=O) groups is 1. The molecule has 0 aliphatic heterocycles. The molecule has 1 aromatic heterocycles. The second-order valence-electron chi connectivity index (χ2n) is 6.61. The average molecular weight is 372 g/mol. The number of rotatable bonds is 10. The monoisotopic (exact) mass is 372 g/mol. The standard InChI is InChI=1S/C20H28N4O3/c1-14(2)9-10-22-20-23-15(3)13-18(24-20)19(25)21-11-12-27-17-7-5-16(26-4)6-8-17/h5-8,13-14H,9-12H2,1-4H3,(H,21,25)(H,22,23,24). The molecule has 27 heavy (non-hydrogen) atoms. The first kappa shape index (κ1) is 20.5. The third-order valence-electron chi connectivity index (χ3n) is 3.81. The fraction of sp³-hybridized carbons (Fsp3) is 0.450. The lowest BCUT2D eigenvalue weighted by Crippen LogP contribution is -2.29. The van der Waals surface area contributed by atoms with E-state index in [1.54, 1.807) is 13.2 Å². The highest BCUT2D eigenvalue weighted by Crippen LogP contribution is 2.16. The van der Waals surface area contributed by atoms with Crippen LogP contribution in [0, 0.1) is 12.8 Å². The molecule has 0 saturated carbocycles. The Morgan fingerprint density at radius 2 is 1.81 bits per heavy atom. The van der Waals surface area contributed by atoms with Crippen molar-refractivity contribution in [2.45, 2.75) is 27.2 Å². The Morgan fingerprint density at radius 3 is 2.48 bits per heavy atom. The molecule has 0 radical (unpaired) electrons. The molecule has 7 heteroatoms. The lowest BCUT2D eigenvalue weighted by Gasteiger charge is -2.10. The van der Waals surface area contributed by atoms with Crippen LogP contribution in [0.4, 0.5) is 5.95 Å². The van der Waals surface area contributed by atoms with Crippen molar-refractivity contribution in [3.05, 3.63) is 41.7 Å². The SMILES string of the molecule is COc1ccc(OCCNC(=O)c2cc(C)nc(NCCC(C)C)n2)cc1. The van der Waals surface area contributed by atoms with Crippen LogP contribution in [0.5, 0.6) is 11.5 Å². The van der Waals surface area contributed by atoms with Gasteiger partial charge in [0.15, 0.2) is 0 Å². The number of amides is 1. The quantitative estimate of drug-likeness (QED) is 0.624. The normalized spacial score (nSPS) is 10.6. The number of benzene rings is 1. The van der Waals surface area contributed by atoms with Crippen molar-refractivity contribution in [3.63, 3.8) is 0 Å². The van der Waals surface area contributed by atoms with Gasteiger partial charge in [-0.25, -0.2) is 9.97 Å². The van der Waals surface area contributed by atoms with E-state index in [0.717, 1.165) is 30.2 Å². The third-order valence-corrected chi connectivity index (χ3v) is 3.81. The van der Waals surface area contributed by atoms with Crippen LogP contribution in [-0.4, -0.2) is 42.7 Å². The summed E-state index contributed by atoms with van der Waals surface area (Å²) in [4.78, 5) is 20.9. The minimum absolute atomic E-state index is 0.245. The lowest BCUT2D eigenvalue weighted by atomic mass is 10.1. The zero-order valence-corrected chi connectivity index (χ0v) is 16.4. The Kier molecular flexibility index (Phi) is 7.85. The topological polar surface area (TPSA) is 85.4 Å². The van der Waals surface area contributed by atoms with E-state index in [0.29, 0.717) is 30.7 Å². The van der Waals surface area contributed by atoms with Crippen LogP contribution in [0.15, 0.2) is 30.3 Å². The number of anilines is 1. The van der Waals surface area contributed by atoms with Gasteiger partial charge in [-0.1, -0.05) is 13.8 Å². The predicted molar refractivity (Wildman–Crippen MR) is 106 cm³/mol. The van der Waals surface area contributed by atoms with Gasteiger partial charge in [0.25, 0.3) is 5.91 Å². The molecular weight excluding hydrogens is 344 g/mol. The summed E-state index contributed by atoms with van der Waals surface area (Å²) in [5.74, 6) is 2.32. The lowest BCUT2D eigenvalue weighted by molar-refractivity contribution is 0.0942. The largest absolute Gasteiger partial charge is 0.497 e. The van der Waals surface area contributed by atoms with Gasteiger partial charge in [0.1, 0.15) is 23.8 Å². The van der Waals surface area contributed by atoms with Crippen LogP contribution >= 0.6 is 0 Å². The summed E-state index contributed by atoms with van der Waals surface area (Å²) >= 11 is 0. The number of nitrogens with one attached hydrogen (secondary N) is 2. The summed E-state index contributed by atoms with van der Waals surface area (Å²) in [6.07, 6.45) is 1.02. The van der Waals surface area contributed by atoms with Gasteiger partial charge >= 0.3 is 0 Å². The number of aryl methyl sites for hydroxylation is 1. The summed E-state index contributed by atoms with van der Waals surface area (Å²) in [7, 11) is 1.62. The number of aromatic nitrogens is 2. The van der Waals surface area contributed by atoms with Gasteiger partial charge in [-0.3, -0.25) is 4.79 Å². The van der Waals surface area contributed by atoms with Crippen molar-refractivity contribution in [2.75, 3.05) is 32.1 Å². The molecule has 0 saturated heterocycles.